The van der Waals surface area contributed by atoms with E-state index in [9.17, 15) is 4.39 Å². The maximum absolute atomic E-state index is 13.3. The molecule has 0 amide bonds. The van der Waals surface area contributed by atoms with Crippen LogP contribution in [-0.2, 0) is 0 Å². The zero-order chi connectivity index (χ0) is 19.0. The lowest BCUT2D eigenvalue weighted by atomic mass is 9.85. The van der Waals surface area contributed by atoms with Gasteiger partial charge in [-0.1, -0.05) is 0 Å². The molecule has 2 aliphatic rings. The number of pyridine rings is 1. The number of nitrogens with one attached hydrogen (secondary N) is 1. The van der Waals surface area contributed by atoms with Gasteiger partial charge < -0.3 is 9.73 Å². The molecule has 4 rings (SSSR count). The molecule has 3 heterocycles. The zero-order valence-electron chi connectivity index (χ0n) is 15.4. The number of hydrogen-bond acceptors (Lipinski definition) is 5. The van der Waals surface area contributed by atoms with Crippen molar-refractivity contribution >= 4 is 32.7 Å². The van der Waals surface area contributed by atoms with Gasteiger partial charge in [-0.05, 0) is 61.4 Å². The van der Waals surface area contributed by atoms with E-state index >= 15 is 0 Å². The molecule has 2 fully saturated rings. The molecule has 2 atom stereocenters. The highest BCUT2D eigenvalue weighted by Gasteiger charge is 2.36. The molecule has 0 bridgehead atoms. The first-order valence-electron chi connectivity index (χ1n) is 9.69. The molecule has 1 aliphatic carbocycles. The third-order valence-corrected chi connectivity index (χ3v) is 6.72. The Morgan fingerprint density at radius 2 is 2.19 bits per heavy atom. The first-order valence-corrected chi connectivity index (χ1v) is 10.5. The van der Waals surface area contributed by atoms with E-state index < -0.39 is 6.17 Å². The second-order valence-electron chi connectivity index (χ2n) is 7.77. The van der Waals surface area contributed by atoms with Crippen LogP contribution in [0.2, 0.25) is 0 Å². The van der Waals surface area contributed by atoms with Gasteiger partial charge in [0.05, 0.1) is 16.8 Å². The maximum atomic E-state index is 13.3. The number of fused-ring (bicyclic) bond motifs is 1. The van der Waals surface area contributed by atoms with Gasteiger partial charge in [0.1, 0.15) is 11.9 Å². The minimum Gasteiger partial charge on any atom is -0.444 e. The highest BCUT2D eigenvalue weighted by molar-refractivity contribution is 9.10. The first kappa shape index (κ1) is 18.7. The summed E-state index contributed by atoms with van der Waals surface area (Å²) in [5, 5.41) is 13.4. The normalized spacial score (nSPS) is 27.1. The van der Waals surface area contributed by atoms with Crippen molar-refractivity contribution in [3.8, 4) is 6.07 Å². The summed E-state index contributed by atoms with van der Waals surface area (Å²) in [5.41, 5.74) is 0.610. The number of nitrogens with zero attached hydrogens (tertiary/aromatic N) is 3. The Labute approximate surface area is 167 Å². The summed E-state index contributed by atoms with van der Waals surface area (Å²) in [7, 11) is 0. The highest BCUT2D eigenvalue weighted by Crippen LogP contribution is 2.35. The summed E-state index contributed by atoms with van der Waals surface area (Å²) in [5.74, 6) is 1.08. The van der Waals surface area contributed by atoms with Crippen LogP contribution in [0.15, 0.2) is 21.2 Å². The SMILES string of the molecule is C[C@@H](F)CC1CCN1C1CCC(Nc2ncc3oc(C#N)cc3c2Br)CC1. The van der Waals surface area contributed by atoms with E-state index in [-0.39, 0.29) is 5.76 Å². The van der Waals surface area contributed by atoms with Crippen LogP contribution in [-0.4, -0.2) is 40.7 Å². The van der Waals surface area contributed by atoms with E-state index in [1.54, 1.807) is 19.2 Å². The van der Waals surface area contributed by atoms with Crippen LogP contribution in [0.25, 0.3) is 11.0 Å². The quantitative estimate of drug-likeness (QED) is 0.716. The molecule has 2 aromatic heterocycles. The van der Waals surface area contributed by atoms with E-state index in [2.05, 4.69) is 31.1 Å². The molecule has 1 saturated heterocycles. The first-order chi connectivity index (χ1) is 13.0. The predicted octanol–water partition coefficient (Wildman–Crippen LogP) is 5.01. The molecule has 1 N–H and O–H groups in total. The Hall–Kier alpha value is -1.65. The number of halogens is 2. The summed E-state index contributed by atoms with van der Waals surface area (Å²) in [6, 6.07) is 5.16. The molecule has 1 unspecified atom stereocenters. The minimum atomic E-state index is -0.710. The van der Waals surface area contributed by atoms with Crippen molar-refractivity contribution in [3.63, 3.8) is 0 Å². The van der Waals surface area contributed by atoms with Gasteiger partial charge in [0.15, 0.2) is 5.58 Å². The van der Waals surface area contributed by atoms with Crippen molar-refractivity contribution in [3.05, 3.63) is 22.5 Å². The Morgan fingerprint density at radius 1 is 1.41 bits per heavy atom. The number of alkyl halides is 1. The van der Waals surface area contributed by atoms with Crippen LogP contribution in [0.5, 0.6) is 0 Å². The van der Waals surface area contributed by atoms with Gasteiger partial charge in [-0.25, -0.2) is 9.37 Å². The fourth-order valence-electron chi connectivity index (χ4n) is 4.45. The number of likely N-dealkylation sites (tertiary alicyclic amines) is 1. The van der Waals surface area contributed by atoms with Gasteiger partial charge in [0.25, 0.3) is 0 Å². The number of rotatable bonds is 5. The molecule has 7 heteroatoms. The van der Waals surface area contributed by atoms with E-state index in [4.69, 9.17) is 9.68 Å². The van der Waals surface area contributed by atoms with Gasteiger partial charge in [0.2, 0.25) is 5.76 Å². The highest BCUT2D eigenvalue weighted by atomic mass is 79.9. The van der Waals surface area contributed by atoms with Gasteiger partial charge in [-0.3, -0.25) is 4.90 Å². The van der Waals surface area contributed by atoms with E-state index in [1.807, 2.05) is 6.07 Å². The van der Waals surface area contributed by atoms with Crippen molar-refractivity contribution in [2.24, 2.45) is 0 Å². The van der Waals surface area contributed by atoms with Crippen LogP contribution >= 0.6 is 15.9 Å². The Bertz CT molecular complexity index is 854. The second-order valence-corrected chi connectivity index (χ2v) is 8.56. The monoisotopic (exact) mass is 434 g/mol. The van der Waals surface area contributed by atoms with Crippen molar-refractivity contribution in [2.45, 2.75) is 69.7 Å². The second kappa shape index (κ2) is 7.76. The summed E-state index contributed by atoms with van der Waals surface area (Å²) in [6.45, 7) is 2.78. The number of hydrogen-bond donors (Lipinski definition) is 1. The fraction of sp³-hybridized carbons (Fsp3) is 0.600. The minimum absolute atomic E-state index is 0.289. The van der Waals surface area contributed by atoms with Crippen LogP contribution in [0, 0.1) is 11.3 Å². The van der Waals surface area contributed by atoms with E-state index in [0.717, 1.165) is 54.3 Å². The number of furan rings is 1. The molecule has 5 nitrogen and oxygen atoms in total. The molecule has 27 heavy (non-hydrogen) atoms. The van der Waals surface area contributed by atoms with Gasteiger partial charge in [-0.15, -0.1) is 0 Å². The molecule has 0 radical (unpaired) electrons. The lowest BCUT2D eigenvalue weighted by Crippen LogP contribution is -2.55. The lowest BCUT2D eigenvalue weighted by molar-refractivity contribution is 0.00735. The Morgan fingerprint density at radius 3 is 2.81 bits per heavy atom. The summed E-state index contributed by atoms with van der Waals surface area (Å²) >= 11 is 3.60. The lowest BCUT2D eigenvalue weighted by Gasteiger charge is -2.48. The third kappa shape index (κ3) is 3.83. The topological polar surface area (TPSA) is 65.1 Å². The molecule has 2 aromatic rings. The van der Waals surface area contributed by atoms with Crippen LogP contribution in [0.1, 0.15) is 51.2 Å². The average Bonchev–Trinajstić information content (AvgIpc) is 3.07. The van der Waals surface area contributed by atoms with E-state index in [1.165, 1.54) is 0 Å². The number of aromatic nitrogens is 1. The van der Waals surface area contributed by atoms with Crippen LogP contribution < -0.4 is 5.32 Å². The maximum Gasteiger partial charge on any atom is 0.204 e. The van der Waals surface area contributed by atoms with Crippen LogP contribution in [0.4, 0.5) is 10.2 Å². The van der Waals surface area contributed by atoms with Gasteiger partial charge in [-0.2, -0.15) is 5.26 Å². The number of nitriles is 1. The number of anilines is 1. The Kier molecular flexibility index (Phi) is 5.38. The molecular weight excluding hydrogens is 411 g/mol. The standard InChI is InChI=1S/C20H24BrFN4O/c1-12(22)8-15-6-7-26(15)14-4-2-13(3-5-14)25-20-19(21)17-9-16(10-23)27-18(17)11-24-20/h9,11-15H,2-8H2,1H3,(H,24,25)/t12-,13?,14?,15?/m1/s1. The molecule has 0 aromatic carbocycles. The van der Waals surface area contributed by atoms with Crippen molar-refractivity contribution < 1.29 is 8.81 Å². The predicted molar refractivity (Wildman–Crippen MR) is 106 cm³/mol. The zero-order valence-corrected chi connectivity index (χ0v) is 17.0. The molecule has 1 saturated carbocycles. The third-order valence-electron chi connectivity index (χ3n) is 5.92. The van der Waals surface area contributed by atoms with Crippen molar-refractivity contribution in [1.82, 2.24) is 9.88 Å². The smallest absolute Gasteiger partial charge is 0.204 e. The summed E-state index contributed by atoms with van der Waals surface area (Å²) in [6.07, 6.45) is 7.21. The molecule has 144 valence electrons. The summed E-state index contributed by atoms with van der Waals surface area (Å²) < 4.78 is 19.6. The van der Waals surface area contributed by atoms with Gasteiger partial charge >= 0.3 is 0 Å². The van der Waals surface area contributed by atoms with E-state index in [0.29, 0.717) is 30.1 Å². The van der Waals surface area contributed by atoms with Gasteiger partial charge in [0, 0.05) is 36.1 Å². The largest absolute Gasteiger partial charge is 0.444 e. The molecular formula is C20H24BrFN4O. The van der Waals surface area contributed by atoms with Crippen molar-refractivity contribution in [2.75, 3.05) is 11.9 Å². The van der Waals surface area contributed by atoms with Crippen molar-refractivity contribution in [1.29, 1.82) is 5.26 Å². The molecule has 0 spiro atoms. The average molecular weight is 435 g/mol. The fourth-order valence-corrected chi connectivity index (χ4v) is 4.98. The molecule has 1 aliphatic heterocycles. The van der Waals surface area contributed by atoms with Crippen LogP contribution in [0.3, 0.4) is 0 Å². The summed E-state index contributed by atoms with van der Waals surface area (Å²) in [4.78, 5) is 6.98. The Balaban J connectivity index is 1.36.